The van der Waals surface area contributed by atoms with Gasteiger partial charge in [0.1, 0.15) is 5.15 Å². The number of hydrogen-bond acceptors (Lipinski definition) is 4. The summed E-state index contributed by atoms with van der Waals surface area (Å²) in [6.07, 6.45) is 2.99. The second kappa shape index (κ2) is 9.33. The molecule has 3 heterocycles. The fourth-order valence-corrected chi connectivity index (χ4v) is 5.25. The van der Waals surface area contributed by atoms with Gasteiger partial charge in [-0.2, -0.15) is 0 Å². The molecule has 0 bridgehead atoms. The highest BCUT2D eigenvalue weighted by Gasteiger charge is 2.38. The molecular formula is C23H35ClN4O3. The number of halogens is 1. The number of piperidine rings is 2. The van der Waals surface area contributed by atoms with Crippen LogP contribution in [0.2, 0.25) is 5.15 Å². The third-order valence-corrected chi connectivity index (χ3v) is 7.18. The summed E-state index contributed by atoms with van der Waals surface area (Å²) in [7, 11) is 3.32. The van der Waals surface area contributed by atoms with Crippen molar-refractivity contribution >= 4 is 23.6 Å². The Morgan fingerprint density at radius 2 is 1.71 bits per heavy atom. The summed E-state index contributed by atoms with van der Waals surface area (Å²) in [6, 6.07) is 3.09. The van der Waals surface area contributed by atoms with Crippen molar-refractivity contribution in [1.82, 2.24) is 19.7 Å². The lowest BCUT2D eigenvalue weighted by molar-refractivity contribution is 0.0348. The normalized spacial score (nSPS) is 23.6. The minimum atomic E-state index is -0.933. The van der Waals surface area contributed by atoms with Gasteiger partial charge in [0.25, 0.3) is 5.91 Å². The average Bonchev–Trinajstić information content (AvgIpc) is 2.72. The van der Waals surface area contributed by atoms with Crippen LogP contribution < -0.4 is 0 Å². The first kappa shape index (κ1) is 23.8. The van der Waals surface area contributed by atoms with Gasteiger partial charge >= 0.3 is 6.09 Å². The highest BCUT2D eigenvalue weighted by Crippen LogP contribution is 2.41. The van der Waals surface area contributed by atoms with E-state index in [0.29, 0.717) is 29.6 Å². The van der Waals surface area contributed by atoms with Gasteiger partial charge in [0.05, 0.1) is 17.3 Å². The molecule has 2 aliphatic rings. The Labute approximate surface area is 190 Å². The standard InChI is InChI=1S/C23H35ClN4O3/c1-23(2,3)27-11-8-15(9-12-27)16-10-13-28(22(30)31)19(14-16)18-7-6-17(20(24)25-18)21(29)26(4)5/h6-7,15-16,19H,8-14H2,1-5H3,(H,30,31). The van der Waals surface area contributed by atoms with E-state index in [-0.39, 0.29) is 22.6 Å². The number of nitrogens with zero attached hydrogens (tertiary/aromatic N) is 4. The fraction of sp³-hybridized carbons (Fsp3) is 0.696. The number of amides is 2. The molecule has 2 fully saturated rings. The Morgan fingerprint density at radius 1 is 1.10 bits per heavy atom. The lowest BCUT2D eigenvalue weighted by atomic mass is 9.75. The van der Waals surface area contributed by atoms with Crippen LogP contribution in [0.1, 0.15) is 68.5 Å². The highest BCUT2D eigenvalue weighted by molar-refractivity contribution is 6.32. The van der Waals surface area contributed by atoms with Gasteiger partial charge in [-0.1, -0.05) is 11.6 Å². The minimum absolute atomic E-state index is 0.127. The fourth-order valence-electron chi connectivity index (χ4n) is 5.01. The molecule has 7 nitrogen and oxygen atoms in total. The number of rotatable bonds is 3. The van der Waals surface area contributed by atoms with E-state index in [0.717, 1.165) is 38.8 Å². The van der Waals surface area contributed by atoms with Crippen LogP contribution in [0.4, 0.5) is 4.79 Å². The first-order valence-electron chi connectivity index (χ1n) is 11.1. The Balaban J connectivity index is 1.77. The molecule has 172 valence electrons. The van der Waals surface area contributed by atoms with Gasteiger partial charge in [-0.15, -0.1) is 0 Å². The lowest BCUT2D eigenvalue weighted by Gasteiger charge is -2.45. The summed E-state index contributed by atoms with van der Waals surface area (Å²) in [5.41, 5.74) is 1.14. The van der Waals surface area contributed by atoms with Crippen molar-refractivity contribution in [2.24, 2.45) is 11.8 Å². The lowest BCUT2D eigenvalue weighted by Crippen LogP contribution is -2.48. The molecule has 1 aromatic heterocycles. The molecule has 0 aliphatic carbocycles. The van der Waals surface area contributed by atoms with Gasteiger partial charge in [0, 0.05) is 26.2 Å². The maximum atomic E-state index is 12.3. The maximum Gasteiger partial charge on any atom is 0.407 e. The van der Waals surface area contributed by atoms with Gasteiger partial charge < -0.3 is 10.0 Å². The van der Waals surface area contributed by atoms with Gasteiger partial charge in [-0.3, -0.25) is 14.6 Å². The molecule has 0 spiro atoms. The summed E-state index contributed by atoms with van der Waals surface area (Å²) in [6.45, 7) is 9.45. The van der Waals surface area contributed by atoms with Crippen LogP contribution in [0.15, 0.2) is 12.1 Å². The molecule has 0 radical (unpaired) electrons. The molecule has 1 N–H and O–H groups in total. The number of pyridine rings is 1. The SMILES string of the molecule is CN(C)C(=O)c1ccc(C2CC(C3CCN(C(C)(C)C)CC3)CCN2C(=O)O)nc1Cl. The molecule has 2 unspecified atom stereocenters. The van der Waals surface area contributed by atoms with Crippen molar-refractivity contribution in [1.29, 1.82) is 0 Å². The van der Waals surface area contributed by atoms with E-state index in [9.17, 15) is 14.7 Å². The third-order valence-electron chi connectivity index (χ3n) is 6.89. The quantitative estimate of drug-likeness (QED) is 0.691. The second-order valence-electron chi connectivity index (χ2n) is 10.0. The number of carbonyl (C=O) groups is 2. The van der Waals surface area contributed by atoms with Crippen LogP contribution in [-0.2, 0) is 0 Å². The number of aromatic nitrogens is 1. The number of carboxylic acid groups (broad SMARTS) is 1. The van der Waals surface area contributed by atoms with E-state index in [1.807, 2.05) is 0 Å². The van der Waals surface area contributed by atoms with Crippen LogP contribution in [0.5, 0.6) is 0 Å². The van der Waals surface area contributed by atoms with E-state index in [1.165, 1.54) is 9.80 Å². The maximum absolute atomic E-state index is 12.3. The molecule has 0 saturated carbocycles. The number of hydrogen-bond donors (Lipinski definition) is 1. The van der Waals surface area contributed by atoms with Crippen molar-refractivity contribution in [2.45, 2.75) is 58.0 Å². The van der Waals surface area contributed by atoms with Crippen molar-refractivity contribution in [3.05, 3.63) is 28.5 Å². The molecule has 2 amide bonds. The van der Waals surface area contributed by atoms with Crippen molar-refractivity contribution in [2.75, 3.05) is 33.7 Å². The predicted octanol–water partition coefficient (Wildman–Crippen LogP) is 4.38. The van der Waals surface area contributed by atoms with Crippen molar-refractivity contribution in [3.8, 4) is 0 Å². The largest absolute Gasteiger partial charge is 0.465 e. The number of likely N-dealkylation sites (tertiary alicyclic amines) is 2. The third kappa shape index (κ3) is 5.32. The Kier molecular flexibility index (Phi) is 7.16. The molecule has 1 aromatic rings. The molecule has 0 aromatic carbocycles. The highest BCUT2D eigenvalue weighted by atomic mass is 35.5. The van der Waals surface area contributed by atoms with Crippen LogP contribution in [0.25, 0.3) is 0 Å². The van der Waals surface area contributed by atoms with Crippen molar-refractivity contribution < 1.29 is 14.7 Å². The molecule has 2 atom stereocenters. The van der Waals surface area contributed by atoms with Gasteiger partial charge in [0.2, 0.25) is 0 Å². The topological polar surface area (TPSA) is 77.0 Å². The van der Waals surface area contributed by atoms with Crippen LogP contribution >= 0.6 is 11.6 Å². The average molecular weight is 451 g/mol. The van der Waals surface area contributed by atoms with E-state index < -0.39 is 6.09 Å². The summed E-state index contributed by atoms with van der Waals surface area (Å²) in [5, 5.41) is 9.90. The van der Waals surface area contributed by atoms with E-state index in [2.05, 4.69) is 30.7 Å². The first-order valence-corrected chi connectivity index (χ1v) is 11.5. The Hall–Kier alpha value is -1.86. The Bertz CT molecular complexity index is 816. The molecule has 31 heavy (non-hydrogen) atoms. The zero-order valence-corrected chi connectivity index (χ0v) is 20.0. The molecule has 2 saturated heterocycles. The molecule has 3 rings (SSSR count). The van der Waals surface area contributed by atoms with E-state index in [4.69, 9.17) is 11.6 Å². The van der Waals surface area contributed by atoms with Crippen LogP contribution in [0, 0.1) is 11.8 Å². The summed E-state index contributed by atoms with van der Waals surface area (Å²) < 4.78 is 0. The summed E-state index contributed by atoms with van der Waals surface area (Å²) in [5.74, 6) is 0.847. The zero-order chi connectivity index (χ0) is 22.9. The van der Waals surface area contributed by atoms with Crippen molar-refractivity contribution in [3.63, 3.8) is 0 Å². The second-order valence-corrected chi connectivity index (χ2v) is 10.4. The van der Waals surface area contributed by atoms with E-state index >= 15 is 0 Å². The van der Waals surface area contributed by atoms with Gasteiger partial charge in [-0.05, 0) is 83.5 Å². The molecular weight excluding hydrogens is 416 g/mol. The van der Waals surface area contributed by atoms with Gasteiger partial charge in [0.15, 0.2) is 0 Å². The monoisotopic (exact) mass is 450 g/mol. The minimum Gasteiger partial charge on any atom is -0.465 e. The zero-order valence-electron chi connectivity index (χ0n) is 19.3. The summed E-state index contributed by atoms with van der Waals surface area (Å²) in [4.78, 5) is 34.1. The molecule has 2 aliphatic heterocycles. The predicted molar refractivity (Wildman–Crippen MR) is 122 cm³/mol. The summed E-state index contributed by atoms with van der Waals surface area (Å²) >= 11 is 6.33. The van der Waals surface area contributed by atoms with E-state index in [1.54, 1.807) is 26.2 Å². The van der Waals surface area contributed by atoms with Gasteiger partial charge in [-0.25, -0.2) is 9.78 Å². The van der Waals surface area contributed by atoms with Crippen LogP contribution in [-0.4, -0.2) is 76.1 Å². The number of carbonyl (C=O) groups excluding carboxylic acids is 1. The Morgan fingerprint density at radius 3 is 2.23 bits per heavy atom. The molecule has 8 heteroatoms. The first-order chi connectivity index (χ1) is 14.5. The van der Waals surface area contributed by atoms with Crippen LogP contribution in [0.3, 0.4) is 0 Å². The smallest absolute Gasteiger partial charge is 0.407 e.